The van der Waals surface area contributed by atoms with Crippen molar-refractivity contribution in [1.29, 1.82) is 0 Å². The van der Waals surface area contributed by atoms with Crippen LogP contribution < -0.4 is 10.9 Å². The zero-order chi connectivity index (χ0) is 19.9. The third kappa shape index (κ3) is 5.09. The van der Waals surface area contributed by atoms with Crippen LogP contribution in [0.4, 0.5) is 5.69 Å². The standard InChI is InChI=1S/C22H27N3O3/c1-24-16-18(21(27)25-13-7-2-3-8-14-25)15-19(22(24)28)23-20(26)12-11-17-9-5-4-6-10-17/h4-6,9-10,15-16H,2-3,7-8,11-14H2,1H3,(H,23,26). The quantitative estimate of drug-likeness (QED) is 0.865. The molecule has 3 rings (SSSR count). The van der Waals surface area contributed by atoms with Crippen LogP contribution >= 0.6 is 0 Å². The minimum absolute atomic E-state index is 0.0858. The van der Waals surface area contributed by atoms with Crippen LogP contribution in [0.5, 0.6) is 0 Å². The summed E-state index contributed by atoms with van der Waals surface area (Å²) in [4.78, 5) is 39.4. The molecule has 1 fully saturated rings. The van der Waals surface area contributed by atoms with Gasteiger partial charge in [0.15, 0.2) is 0 Å². The van der Waals surface area contributed by atoms with E-state index in [1.54, 1.807) is 13.2 Å². The normalized spacial score (nSPS) is 14.4. The summed E-state index contributed by atoms with van der Waals surface area (Å²) in [5.74, 6) is -0.322. The highest BCUT2D eigenvalue weighted by Gasteiger charge is 2.19. The SMILES string of the molecule is Cn1cc(C(=O)N2CCCCCC2)cc(NC(=O)CCc2ccccc2)c1=O. The smallest absolute Gasteiger partial charge is 0.274 e. The van der Waals surface area contributed by atoms with Crippen LogP contribution in [0.3, 0.4) is 0 Å². The van der Waals surface area contributed by atoms with Crippen molar-refractivity contribution in [2.24, 2.45) is 7.05 Å². The molecule has 0 bridgehead atoms. The lowest BCUT2D eigenvalue weighted by Crippen LogP contribution is -2.33. The molecular formula is C22H27N3O3. The van der Waals surface area contributed by atoms with Crippen LogP contribution in [-0.4, -0.2) is 34.4 Å². The number of pyridine rings is 1. The molecule has 1 aromatic carbocycles. The molecule has 2 aromatic rings. The Balaban J connectivity index is 1.71. The molecule has 2 heterocycles. The second kappa shape index (κ2) is 9.35. The van der Waals surface area contributed by atoms with Crippen LogP contribution in [0.25, 0.3) is 0 Å². The number of hydrogen-bond donors (Lipinski definition) is 1. The Morgan fingerprint density at radius 1 is 1.04 bits per heavy atom. The minimum Gasteiger partial charge on any atom is -0.339 e. The molecule has 1 N–H and O–H groups in total. The summed E-state index contributed by atoms with van der Waals surface area (Å²) in [6.07, 6.45) is 6.70. The highest BCUT2D eigenvalue weighted by atomic mass is 16.2. The summed E-state index contributed by atoms with van der Waals surface area (Å²) in [5, 5.41) is 2.69. The van der Waals surface area contributed by atoms with Crippen LogP contribution in [-0.2, 0) is 18.3 Å². The Morgan fingerprint density at radius 2 is 1.71 bits per heavy atom. The second-order valence-electron chi connectivity index (χ2n) is 7.30. The molecule has 6 heteroatoms. The average molecular weight is 381 g/mol. The molecular weight excluding hydrogens is 354 g/mol. The van der Waals surface area contributed by atoms with Gasteiger partial charge in [-0.15, -0.1) is 0 Å². The molecule has 0 atom stereocenters. The number of nitrogens with one attached hydrogen (secondary N) is 1. The number of carbonyl (C=O) groups excluding carboxylic acids is 2. The van der Waals surface area contributed by atoms with Crippen molar-refractivity contribution in [3.8, 4) is 0 Å². The van der Waals surface area contributed by atoms with Crippen molar-refractivity contribution in [2.75, 3.05) is 18.4 Å². The van der Waals surface area contributed by atoms with Gasteiger partial charge in [0.1, 0.15) is 5.69 Å². The first-order valence-electron chi connectivity index (χ1n) is 9.88. The molecule has 1 aliphatic rings. The monoisotopic (exact) mass is 381 g/mol. The van der Waals surface area contributed by atoms with Crippen molar-refractivity contribution >= 4 is 17.5 Å². The minimum atomic E-state index is -0.319. The van der Waals surface area contributed by atoms with Gasteiger partial charge >= 0.3 is 0 Å². The van der Waals surface area contributed by atoms with Gasteiger partial charge in [-0.05, 0) is 30.9 Å². The number of aryl methyl sites for hydroxylation is 2. The summed E-state index contributed by atoms with van der Waals surface area (Å²) < 4.78 is 1.36. The fourth-order valence-corrected chi connectivity index (χ4v) is 3.49. The number of nitrogens with zero attached hydrogens (tertiary/aromatic N) is 2. The molecule has 0 unspecified atom stereocenters. The molecule has 2 amide bonds. The molecule has 0 saturated carbocycles. The predicted octanol–water partition coefficient (Wildman–Crippen LogP) is 2.97. The van der Waals surface area contributed by atoms with E-state index in [-0.39, 0.29) is 29.5 Å². The molecule has 148 valence electrons. The second-order valence-corrected chi connectivity index (χ2v) is 7.30. The summed E-state index contributed by atoms with van der Waals surface area (Å²) in [5.41, 5.74) is 1.33. The van der Waals surface area contributed by atoms with Gasteiger partial charge in [-0.3, -0.25) is 14.4 Å². The fraction of sp³-hybridized carbons (Fsp3) is 0.409. The van der Waals surface area contributed by atoms with E-state index >= 15 is 0 Å². The van der Waals surface area contributed by atoms with E-state index in [1.165, 1.54) is 10.6 Å². The average Bonchev–Trinajstić information content (AvgIpc) is 2.99. The first-order chi connectivity index (χ1) is 13.5. The number of anilines is 1. The number of carbonyl (C=O) groups is 2. The predicted molar refractivity (Wildman–Crippen MR) is 109 cm³/mol. The first kappa shape index (κ1) is 19.9. The number of rotatable bonds is 5. The van der Waals surface area contributed by atoms with Gasteiger partial charge in [0.05, 0.1) is 5.56 Å². The highest BCUT2D eigenvalue weighted by Crippen LogP contribution is 2.15. The Bertz CT molecular complexity index is 882. The molecule has 0 radical (unpaired) electrons. The van der Waals surface area contributed by atoms with Crippen LogP contribution in [0.1, 0.15) is 48.0 Å². The molecule has 28 heavy (non-hydrogen) atoms. The Morgan fingerprint density at radius 3 is 2.39 bits per heavy atom. The number of benzene rings is 1. The van der Waals surface area contributed by atoms with Gasteiger partial charge < -0.3 is 14.8 Å². The number of hydrogen-bond acceptors (Lipinski definition) is 3. The number of aromatic nitrogens is 1. The van der Waals surface area contributed by atoms with Crippen molar-refractivity contribution in [3.63, 3.8) is 0 Å². The van der Waals surface area contributed by atoms with Crippen molar-refractivity contribution in [2.45, 2.75) is 38.5 Å². The van der Waals surface area contributed by atoms with Crippen LogP contribution in [0.2, 0.25) is 0 Å². The lowest BCUT2D eigenvalue weighted by atomic mass is 10.1. The highest BCUT2D eigenvalue weighted by molar-refractivity contribution is 5.96. The zero-order valence-corrected chi connectivity index (χ0v) is 16.3. The van der Waals surface area contributed by atoms with E-state index in [9.17, 15) is 14.4 Å². The zero-order valence-electron chi connectivity index (χ0n) is 16.3. The largest absolute Gasteiger partial charge is 0.339 e. The maximum absolute atomic E-state index is 12.9. The van der Waals surface area contributed by atoms with E-state index in [0.717, 1.165) is 44.3 Å². The van der Waals surface area contributed by atoms with E-state index in [4.69, 9.17) is 0 Å². The Labute approximate surface area is 165 Å². The van der Waals surface area contributed by atoms with E-state index in [1.807, 2.05) is 35.2 Å². The van der Waals surface area contributed by atoms with Gasteiger partial charge in [0, 0.05) is 32.8 Å². The molecule has 1 aliphatic heterocycles. The van der Waals surface area contributed by atoms with Gasteiger partial charge in [-0.2, -0.15) is 0 Å². The summed E-state index contributed by atoms with van der Waals surface area (Å²) >= 11 is 0. The van der Waals surface area contributed by atoms with Crippen LogP contribution in [0.15, 0.2) is 47.4 Å². The van der Waals surface area contributed by atoms with E-state index in [0.29, 0.717) is 12.0 Å². The van der Waals surface area contributed by atoms with Gasteiger partial charge in [0.25, 0.3) is 11.5 Å². The van der Waals surface area contributed by atoms with Crippen LogP contribution in [0, 0.1) is 0 Å². The fourth-order valence-electron chi connectivity index (χ4n) is 3.49. The maximum Gasteiger partial charge on any atom is 0.274 e. The Hall–Kier alpha value is -2.89. The van der Waals surface area contributed by atoms with E-state index in [2.05, 4.69) is 5.32 Å². The van der Waals surface area contributed by atoms with E-state index < -0.39 is 0 Å². The third-order valence-corrected chi connectivity index (χ3v) is 5.08. The first-order valence-corrected chi connectivity index (χ1v) is 9.88. The van der Waals surface area contributed by atoms with Gasteiger partial charge in [-0.25, -0.2) is 0 Å². The third-order valence-electron chi connectivity index (χ3n) is 5.08. The summed E-state index contributed by atoms with van der Waals surface area (Å²) in [6, 6.07) is 11.2. The summed E-state index contributed by atoms with van der Waals surface area (Å²) in [7, 11) is 1.60. The molecule has 0 aliphatic carbocycles. The molecule has 6 nitrogen and oxygen atoms in total. The molecule has 1 aromatic heterocycles. The van der Waals surface area contributed by atoms with Crippen molar-refractivity contribution < 1.29 is 9.59 Å². The Kier molecular flexibility index (Phi) is 6.63. The maximum atomic E-state index is 12.9. The van der Waals surface area contributed by atoms with Gasteiger partial charge in [0.2, 0.25) is 5.91 Å². The molecule has 1 saturated heterocycles. The summed E-state index contributed by atoms with van der Waals surface area (Å²) in [6.45, 7) is 1.47. The molecule has 0 spiro atoms. The topological polar surface area (TPSA) is 71.4 Å². The van der Waals surface area contributed by atoms with Crippen molar-refractivity contribution in [1.82, 2.24) is 9.47 Å². The lowest BCUT2D eigenvalue weighted by molar-refractivity contribution is -0.116. The number of amides is 2. The van der Waals surface area contributed by atoms with Crippen molar-refractivity contribution in [3.05, 3.63) is 64.1 Å². The number of likely N-dealkylation sites (tertiary alicyclic amines) is 1. The lowest BCUT2D eigenvalue weighted by Gasteiger charge is -2.21. The van der Waals surface area contributed by atoms with Gasteiger partial charge in [-0.1, -0.05) is 43.2 Å².